The van der Waals surface area contributed by atoms with Gasteiger partial charge in [0, 0.05) is 17.4 Å². The Morgan fingerprint density at radius 3 is 2.11 bits per heavy atom. The molecular formula is C19H20F8O. The number of fused-ring (bicyclic) bond motifs is 3. The summed E-state index contributed by atoms with van der Waals surface area (Å²) in [6, 6.07) is 2.04. The van der Waals surface area contributed by atoms with E-state index in [4.69, 9.17) is 4.74 Å². The summed E-state index contributed by atoms with van der Waals surface area (Å²) in [7, 11) is 0. The molecule has 0 saturated heterocycles. The zero-order chi connectivity index (χ0) is 21.0. The zero-order valence-corrected chi connectivity index (χ0v) is 15.1. The molecule has 4 rings (SSSR count). The summed E-state index contributed by atoms with van der Waals surface area (Å²) in [5, 5.41) is 0. The number of hydrogen-bond donors (Lipinski definition) is 0. The topological polar surface area (TPSA) is 9.23 Å². The standard InChI is InChI=1S/C19H20F8O/c1-16-6-8-17(9-7-16,15(22)19(16,26)27)28-10-12-3-2-11(13(20)14(12)21)4-5-18(23,24)25/h2-3,15H,4-10H2,1H3. The molecule has 0 spiro atoms. The zero-order valence-electron chi connectivity index (χ0n) is 15.1. The van der Waals surface area contributed by atoms with E-state index in [0.717, 1.165) is 12.1 Å². The molecule has 1 aromatic carbocycles. The maximum atomic E-state index is 14.6. The van der Waals surface area contributed by atoms with Crippen LogP contribution in [0, 0.1) is 17.0 Å². The summed E-state index contributed by atoms with van der Waals surface area (Å²) in [5.41, 5.74) is -4.02. The van der Waals surface area contributed by atoms with Crippen molar-refractivity contribution in [3.8, 4) is 0 Å². The van der Waals surface area contributed by atoms with Gasteiger partial charge in [0.15, 0.2) is 17.8 Å². The van der Waals surface area contributed by atoms with Crippen molar-refractivity contribution < 1.29 is 39.9 Å². The molecule has 1 aromatic rings. The van der Waals surface area contributed by atoms with Crippen molar-refractivity contribution in [3.63, 3.8) is 0 Å². The molecule has 9 heteroatoms. The van der Waals surface area contributed by atoms with Gasteiger partial charge in [0.2, 0.25) is 0 Å². The number of halogens is 8. The largest absolute Gasteiger partial charge is 0.389 e. The van der Waals surface area contributed by atoms with E-state index in [-0.39, 0.29) is 31.2 Å². The highest BCUT2D eigenvalue weighted by Crippen LogP contribution is 2.62. The van der Waals surface area contributed by atoms with Crippen LogP contribution in [0.2, 0.25) is 0 Å². The fourth-order valence-electron chi connectivity index (χ4n) is 4.10. The van der Waals surface area contributed by atoms with Crippen molar-refractivity contribution in [1.82, 2.24) is 0 Å². The van der Waals surface area contributed by atoms with Crippen molar-refractivity contribution in [2.75, 3.05) is 0 Å². The van der Waals surface area contributed by atoms with Gasteiger partial charge in [-0.15, -0.1) is 0 Å². The molecule has 2 bridgehead atoms. The Hall–Kier alpha value is -1.38. The van der Waals surface area contributed by atoms with Gasteiger partial charge in [-0.3, -0.25) is 0 Å². The van der Waals surface area contributed by atoms with Crippen LogP contribution in [0.25, 0.3) is 0 Å². The first-order chi connectivity index (χ1) is 12.8. The quantitative estimate of drug-likeness (QED) is 0.513. The molecule has 0 N–H and O–H groups in total. The minimum absolute atomic E-state index is 0.0357. The van der Waals surface area contributed by atoms with Crippen molar-refractivity contribution >= 4 is 0 Å². The van der Waals surface area contributed by atoms with Gasteiger partial charge in [0.1, 0.15) is 5.60 Å². The van der Waals surface area contributed by atoms with Gasteiger partial charge < -0.3 is 4.74 Å². The summed E-state index contributed by atoms with van der Waals surface area (Å²) in [6.45, 7) is 0.687. The predicted octanol–water partition coefficient (Wildman–Crippen LogP) is 6.28. The number of alkyl halides is 6. The van der Waals surface area contributed by atoms with E-state index >= 15 is 0 Å². The van der Waals surface area contributed by atoms with Gasteiger partial charge in [-0.05, 0) is 37.7 Å². The molecule has 3 saturated carbocycles. The Kier molecular flexibility index (Phi) is 5.22. The van der Waals surface area contributed by atoms with E-state index in [1.54, 1.807) is 0 Å². The lowest BCUT2D eigenvalue weighted by atomic mass is 9.56. The van der Waals surface area contributed by atoms with Crippen molar-refractivity contribution in [1.29, 1.82) is 0 Å². The molecular weight excluding hydrogens is 396 g/mol. The minimum atomic E-state index is -4.51. The third-order valence-electron chi connectivity index (χ3n) is 6.22. The van der Waals surface area contributed by atoms with Crippen LogP contribution in [0.15, 0.2) is 12.1 Å². The Labute approximate surface area is 157 Å². The number of aryl methyl sites for hydroxylation is 1. The molecule has 1 unspecified atom stereocenters. The number of rotatable bonds is 5. The van der Waals surface area contributed by atoms with E-state index in [1.807, 2.05) is 0 Å². The van der Waals surface area contributed by atoms with Crippen LogP contribution >= 0.6 is 0 Å². The summed E-state index contributed by atoms with van der Waals surface area (Å²) >= 11 is 0. The van der Waals surface area contributed by atoms with E-state index in [9.17, 15) is 35.1 Å². The van der Waals surface area contributed by atoms with Gasteiger partial charge in [-0.2, -0.15) is 13.2 Å². The minimum Gasteiger partial charge on any atom is -0.367 e. The third kappa shape index (κ3) is 3.50. The van der Waals surface area contributed by atoms with Gasteiger partial charge in [0.05, 0.1) is 6.61 Å². The molecule has 1 nitrogen and oxygen atoms in total. The maximum Gasteiger partial charge on any atom is 0.389 e. The molecule has 1 atom stereocenters. The monoisotopic (exact) mass is 416 g/mol. The van der Waals surface area contributed by atoms with Gasteiger partial charge in [0.25, 0.3) is 5.92 Å². The van der Waals surface area contributed by atoms with Crippen LogP contribution in [-0.4, -0.2) is 23.9 Å². The van der Waals surface area contributed by atoms with Gasteiger partial charge >= 0.3 is 6.18 Å². The summed E-state index contributed by atoms with van der Waals surface area (Å²) in [4.78, 5) is 0. The Bertz CT molecular complexity index is 734. The van der Waals surface area contributed by atoms with Crippen LogP contribution < -0.4 is 0 Å². The molecule has 28 heavy (non-hydrogen) atoms. The van der Waals surface area contributed by atoms with Crippen LogP contribution in [0.3, 0.4) is 0 Å². The molecule has 0 heterocycles. The molecule has 0 aliphatic heterocycles. The lowest BCUT2D eigenvalue weighted by Gasteiger charge is -2.57. The molecule has 158 valence electrons. The van der Waals surface area contributed by atoms with E-state index in [2.05, 4.69) is 0 Å². The lowest BCUT2D eigenvalue weighted by Crippen LogP contribution is -2.66. The van der Waals surface area contributed by atoms with Crippen molar-refractivity contribution in [3.05, 3.63) is 34.9 Å². The van der Waals surface area contributed by atoms with Crippen LogP contribution in [0.4, 0.5) is 35.1 Å². The molecule has 0 radical (unpaired) electrons. The van der Waals surface area contributed by atoms with E-state index < -0.39 is 65.9 Å². The Morgan fingerprint density at radius 1 is 1.00 bits per heavy atom. The summed E-state index contributed by atoms with van der Waals surface area (Å²) < 4.78 is 114. The van der Waals surface area contributed by atoms with Crippen molar-refractivity contribution in [2.45, 2.75) is 75.9 Å². The molecule has 3 fully saturated rings. The second-order valence-electron chi connectivity index (χ2n) is 8.03. The van der Waals surface area contributed by atoms with Crippen LogP contribution in [-0.2, 0) is 17.8 Å². The second kappa shape index (κ2) is 6.85. The van der Waals surface area contributed by atoms with E-state index in [1.165, 1.54) is 6.92 Å². The number of benzene rings is 1. The molecule has 0 amide bonds. The fraction of sp³-hybridized carbons (Fsp3) is 0.684. The highest BCUT2D eigenvalue weighted by atomic mass is 19.4. The van der Waals surface area contributed by atoms with Crippen LogP contribution in [0.1, 0.15) is 50.2 Å². The Morgan fingerprint density at radius 2 is 1.54 bits per heavy atom. The SMILES string of the molecule is CC12CCC(OCc3ccc(CCC(F)(F)F)c(F)c3F)(CC1)C(F)C2(F)F. The lowest BCUT2D eigenvalue weighted by molar-refractivity contribution is -0.298. The smallest absolute Gasteiger partial charge is 0.367 e. The normalized spacial score (nSPS) is 32.0. The first kappa shape index (κ1) is 21.3. The van der Waals surface area contributed by atoms with Crippen LogP contribution in [0.5, 0.6) is 0 Å². The third-order valence-corrected chi connectivity index (χ3v) is 6.22. The predicted molar refractivity (Wildman–Crippen MR) is 84.7 cm³/mol. The highest BCUT2D eigenvalue weighted by molar-refractivity contribution is 5.26. The fourth-order valence-corrected chi connectivity index (χ4v) is 4.10. The second-order valence-corrected chi connectivity index (χ2v) is 8.03. The summed E-state index contributed by atoms with van der Waals surface area (Å²) in [5.74, 6) is -6.44. The first-order valence-corrected chi connectivity index (χ1v) is 9.00. The molecule has 3 aliphatic rings. The van der Waals surface area contributed by atoms with Gasteiger partial charge in [-0.25, -0.2) is 22.0 Å². The van der Waals surface area contributed by atoms with Crippen molar-refractivity contribution in [2.24, 2.45) is 5.41 Å². The Balaban J connectivity index is 1.74. The number of hydrogen-bond acceptors (Lipinski definition) is 1. The maximum absolute atomic E-state index is 14.6. The van der Waals surface area contributed by atoms with E-state index in [0.29, 0.717) is 0 Å². The molecule has 3 aliphatic carbocycles. The summed E-state index contributed by atoms with van der Waals surface area (Å²) in [6.07, 6.45) is -8.94. The average Bonchev–Trinajstić information content (AvgIpc) is 2.61. The first-order valence-electron chi connectivity index (χ1n) is 9.00. The van der Waals surface area contributed by atoms with Gasteiger partial charge in [-0.1, -0.05) is 19.1 Å². The molecule has 0 aromatic heterocycles. The highest BCUT2D eigenvalue weighted by Gasteiger charge is 2.70. The number of ether oxygens (including phenoxy) is 1. The average molecular weight is 416 g/mol.